The molecule has 0 heterocycles. The van der Waals surface area contributed by atoms with Gasteiger partial charge in [0.15, 0.2) is 5.78 Å². The highest BCUT2D eigenvalue weighted by Crippen LogP contribution is 2.28. The van der Waals surface area contributed by atoms with Gasteiger partial charge in [0.1, 0.15) is 11.6 Å². The van der Waals surface area contributed by atoms with Crippen LogP contribution in [0.4, 0.5) is 8.78 Å². The second kappa shape index (κ2) is 4.92. The van der Waals surface area contributed by atoms with Crippen molar-refractivity contribution < 1.29 is 13.6 Å². The number of rotatable bonds is 2. The molecule has 0 aromatic heterocycles. The molecule has 0 bridgehead atoms. The molecular formula is C13H15F2NO. The van der Waals surface area contributed by atoms with Crippen LogP contribution in [-0.2, 0) is 0 Å². The predicted molar refractivity (Wildman–Crippen MR) is 60.6 cm³/mol. The van der Waals surface area contributed by atoms with E-state index >= 15 is 0 Å². The van der Waals surface area contributed by atoms with Crippen molar-refractivity contribution >= 4 is 5.78 Å². The Morgan fingerprint density at radius 1 is 1.12 bits per heavy atom. The smallest absolute Gasteiger partial charge is 0.171 e. The third-order valence-electron chi connectivity index (χ3n) is 3.35. The van der Waals surface area contributed by atoms with Crippen LogP contribution >= 0.6 is 0 Å². The summed E-state index contributed by atoms with van der Waals surface area (Å²) in [4.78, 5) is 12.0. The van der Waals surface area contributed by atoms with Gasteiger partial charge in [-0.3, -0.25) is 4.79 Å². The summed E-state index contributed by atoms with van der Waals surface area (Å²) in [6, 6.07) is 3.61. The molecule has 0 saturated heterocycles. The van der Waals surface area contributed by atoms with Crippen LogP contribution in [0.15, 0.2) is 18.2 Å². The first-order valence-electron chi connectivity index (χ1n) is 5.83. The van der Waals surface area contributed by atoms with Crippen molar-refractivity contribution in [1.29, 1.82) is 0 Å². The van der Waals surface area contributed by atoms with Gasteiger partial charge < -0.3 is 5.73 Å². The summed E-state index contributed by atoms with van der Waals surface area (Å²) in [6.07, 6.45) is 2.72. The molecule has 2 nitrogen and oxygen atoms in total. The molecule has 0 aliphatic heterocycles. The second-order valence-corrected chi connectivity index (χ2v) is 4.57. The van der Waals surface area contributed by atoms with Gasteiger partial charge in [-0.25, -0.2) is 8.78 Å². The van der Waals surface area contributed by atoms with Crippen LogP contribution in [0.1, 0.15) is 36.0 Å². The topological polar surface area (TPSA) is 43.1 Å². The zero-order valence-electron chi connectivity index (χ0n) is 9.46. The first-order valence-corrected chi connectivity index (χ1v) is 5.83. The zero-order chi connectivity index (χ0) is 12.4. The summed E-state index contributed by atoms with van der Waals surface area (Å²) in [5.41, 5.74) is 5.34. The van der Waals surface area contributed by atoms with Gasteiger partial charge in [-0.05, 0) is 37.8 Å². The van der Waals surface area contributed by atoms with E-state index in [1.54, 1.807) is 0 Å². The highest BCUT2D eigenvalue weighted by molar-refractivity contribution is 5.98. The number of carbonyl (C=O) groups is 1. The number of hydrogen-bond donors (Lipinski definition) is 1. The Morgan fingerprint density at radius 3 is 2.18 bits per heavy atom. The first-order chi connectivity index (χ1) is 8.09. The molecule has 1 fully saturated rings. The Kier molecular flexibility index (Phi) is 3.52. The minimum atomic E-state index is -0.773. The number of halogens is 2. The van der Waals surface area contributed by atoms with Crippen LogP contribution in [0.2, 0.25) is 0 Å². The monoisotopic (exact) mass is 239 g/mol. The quantitative estimate of drug-likeness (QED) is 0.806. The Bertz CT molecular complexity index is 405. The molecule has 0 radical (unpaired) electrons. The third kappa shape index (κ3) is 2.52. The molecule has 1 aliphatic rings. The number of Topliss-reactive ketones (excluding diaryl/α,β-unsaturated/α-hetero) is 1. The van der Waals surface area contributed by atoms with Crippen LogP contribution in [0.3, 0.4) is 0 Å². The second-order valence-electron chi connectivity index (χ2n) is 4.57. The zero-order valence-corrected chi connectivity index (χ0v) is 9.46. The van der Waals surface area contributed by atoms with Gasteiger partial charge in [0.2, 0.25) is 0 Å². The molecule has 92 valence electrons. The molecule has 1 aromatic carbocycles. The fraction of sp³-hybridized carbons (Fsp3) is 0.462. The van der Waals surface area contributed by atoms with E-state index in [1.807, 2.05) is 0 Å². The number of benzene rings is 1. The molecule has 0 atom stereocenters. The number of carbonyl (C=O) groups excluding carboxylic acids is 1. The normalized spacial score (nSPS) is 24.6. The highest BCUT2D eigenvalue weighted by Gasteiger charge is 2.28. The highest BCUT2D eigenvalue weighted by atomic mass is 19.1. The van der Waals surface area contributed by atoms with Gasteiger partial charge in [0.25, 0.3) is 0 Å². The maximum absolute atomic E-state index is 13.4. The number of nitrogens with two attached hydrogens (primary N) is 1. The van der Waals surface area contributed by atoms with E-state index < -0.39 is 23.0 Å². The Labute approximate surface area is 98.8 Å². The van der Waals surface area contributed by atoms with Crippen molar-refractivity contribution in [3.8, 4) is 0 Å². The first kappa shape index (κ1) is 12.2. The minimum Gasteiger partial charge on any atom is -0.328 e. The van der Waals surface area contributed by atoms with E-state index in [2.05, 4.69) is 0 Å². The molecule has 4 heteroatoms. The van der Waals surface area contributed by atoms with E-state index in [0.29, 0.717) is 12.8 Å². The van der Waals surface area contributed by atoms with E-state index in [1.165, 1.54) is 6.07 Å². The molecule has 0 amide bonds. The molecule has 1 saturated carbocycles. The molecule has 2 N–H and O–H groups in total. The molecular weight excluding hydrogens is 224 g/mol. The average molecular weight is 239 g/mol. The lowest BCUT2D eigenvalue weighted by Gasteiger charge is -2.25. The summed E-state index contributed by atoms with van der Waals surface area (Å²) in [6.45, 7) is 0. The maximum atomic E-state index is 13.4. The van der Waals surface area contributed by atoms with Gasteiger partial charge in [0, 0.05) is 12.0 Å². The van der Waals surface area contributed by atoms with Crippen LogP contribution in [-0.4, -0.2) is 11.8 Å². The van der Waals surface area contributed by atoms with Crippen LogP contribution in [0, 0.1) is 17.6 Å². The molecule has 2 rings (SSSR count). The molecule has 0 unspecified atom stereocenters. The molecule has 1 aliphatic carbocycles. The van der Waals surface area contributed by atoms with Gasteiger partial charge in [-0.15, -0.1) is 0 Å². The van der Waals surface area contributed by atoms with Crippen molar-refractivity contribution in [3.63, 3.8) is 0 Å². The van der Waals surface area contributed by atoms with E-state index in [-0.39, 0.29) is 12.0 Å². The summed E-state index contributed by atoms with van der Waals surface area (Å²) in [5.74, 6) is -2.26. The van der Waals surface area contributed by atoms with Crippen molar-refractivity contribution in [2.24, 2.45) is 11.7 Å². The predicted octanol–water partition coefficient (Wildman–Crippen LogP) is 2.67. The Balaban J connectivity index is 2.20. The third-order valence-corrected chi connectivity index (χ3v) is 3.35. The molecule has 0 spiro atoms. The van der Waals surface area contributed by atoms with E-state index in [0.717, 1.165) is 25.0 Å². The number of ketones is 1. The van der Waals surface area contributed by atoms with Crippen LogP contribution in [0.25, 0.3) is 0 Å². The van der Waals surface area contributed by atoms with Crippen LogP contribution < -0.4 is 5.73 Å². The molecule has 17 heavy (non-hydrogen) atoms. The fourth-order valence-electron chi connectivity index (χ4n) is 2.32. The van der Waals surface area contributed by atoms with Crippen molar-refractivity contribution in [3.05, 3.63) is 35.4 Å². The summed E-state index contributed by atoms with van der Waals surface area (Å²) in [7, 11) is 0. The van der Waals surface area contributed by atoms with Gasteiger partial charge in [-0.1, -0.05) is 6.07 Å². The van der Waals surface area contributed by atoms with Gasteiger partial charge >= 0.3 is 0 Å². The molecule has 1 aromatic rings. The average Bonchev–Trinajstić information content (AvgIpc) is 2.29. The largest absolute Gasteiger partial charge is 0.328 e. The van der Waals surface area contributed by atoms with E-state index in [9.17, 15) is 13.6 Å². The van der Waals surface area contributed by atoms with Crippen molar-refractivity contribution in [2.45, 2.75) is 31.7 Å². The Hall–Kier alpha value is -1.29. The van der Waals surface area contributed by atoms with Crippen molar-refractivity contribution in [2.75, 3.05) is 0 Å². The Morgan fingerprint density at radius 2 is 1.65 bits per heavy atom. The lowest BCUT2D eigenvalue weighted by molar-refractivity contribution is 0.0876. The maximum Gasteiger partial charge on any atom is 0.171 e. The fourth-order valence-corrected chi connectivity index (χ4v) is 2.32. The summed E-state index contributed by atoms with van der Waals surface area (Å²) >= 11 is 0. The SMILES string of the molecule is NC1CCC(C(=O)c2c(F)cccc2F)CC1. The number of hydrogen-bond acceptors (Lipinski definition) is 2. The van der Waals surface area contributed by atoms with Gasteiger partial charge in [0.05, 0.1) is 5.56 Å². The van der Waals surface area contributed by atoms with Crippen LogP contribution in [0.5, 0.6) is 0 Å². The van der Waals surface area contributed by atoms with Crippen molar-refractivity contribution in [1.82, 2.24) is 0 Å². The lowest BCUT2D eigenvalue weighted by Crippen LogP contribution is -2.30. The van der Waals surface area contributed by atoms with E-state index in [4.69, 9.17) is 5.73 Å². The lowest BCUT2D eigenvalue weighted by atomic mass is 9.81. The standard InChI is InChI=1S/C13H15F2NO/c14-10-2-1-3-11(15)12(10)13(17)8-4-6-9(16)7-5-8/h1-3,8-9H,4-7,16H2. The summed E-state index contributed by atoms with van der Waals surface area (Å²) < 4.78 is 26.9. The van der Waals surface area contributed by atoms with Gasteiger partial charge in [-0.2, -0.15) is 0 Å². The summed E-state index contributed by atoms with van der Waals surface area (Å²) in [5, 5.41) is 0. The minimum absolute atomic E-state index is 0.115.